The lowest BCUT2D eigenvalue weighted by molar-refractivity contribution is -0.139. The number of likely N-dealkylation sites (tertiary alicyclic amines) is 1. The Morgan fingerprint density at radius 1 is 0.935 bits per heavy atom. The van der Waals surface area contributed by atoms with Crippen LogP contribution in [0.15, 0.2) is 54.6 Å². The van der Waals surface area contributed by atoms with Crippen LogP contribution in [-0.4, -0.2) is 60.5 Å². The second-order valence-electron chi connectivity index (χ2n) is 8.13. The van der Waals surface area contributed by atoms with Gasteiger partial charge in [-0.2, -0.15) is 0 Å². The van der Waals surface area contributed by atoms with Gasteiger partial charge in [-0.15, -0.1) is 0 Å². The third-order valence-corrected chi connectivity index (χ3v) is 5.73. The van der Waals surface area contributed by atoms with Crippen molar-refractivity contribution in [2.75, 3.05) is 26.8 Å². The van der Waals surface area contributed by atoms with Gasteiger partial charge >= 0.3 is 0 Å². The van der Waals surface area contributed by atoms with Gasteiger partial charge in [0.25, 0.3) is 11.8 Å². The third-order valence-electron chi connectivity index (χ3n) is 5.73. The van der Waals surface area contributed by atoms with Gasteiger partial charge < -0.3 is 19.3 Å². The molecule has 2 aromatic rings. The van der Waals surface area contributed by atoms with E-state index < -0.39 is 0 Å². The van der Waals surface area contributed by atoms with Crippen LogP contribution in [0.25, 0.3) is 0 Å². The predicted octanol–water partition coefficient (Wildman–Crippen LogP) is 4.01. The summed E-state index contributed by atoms with van der Waals surface area (Å²) in [7, 11) is 1.75. The van der Waals surface area contributed by atoms with Gasteiger partial charge in [-0.25, -0.2) is 0 Å². The summed E-state index contributed by atoms with van der Waals surface area (Å²) in [6.45, 7) is 5.10. The standard InChI is InChI=1S/C25H32N2O4/c1-19-8-7-9-20(2)27(19)24(28)18-31-23-14-12-21(13-15-23)25(29)26(3)16-17-30-22-10-5-4-6-11-22/h4-6,10-15,19-20H,7-9,16-18H2,1-3H3. The fraction of sp³-hybridized carbons (Fsp3) is 0.440. The van der Waals surface area contributed by atoms with Gasteiger partial charge in [0.05, 0.1) is 6.54 Å². The molecule has 0 spiro atoms. The number of para-hydroxylation sites is 1. The first-order valence-electron chi connectivity index (χ1n) is 10.9. The lowest BCUT2D eigenvalue weighted by Gasteiger charge is -2.38. The lowest BCUT2D eigenvalue weighted by atomic mass is 9.97. The summed E-state index contributed by atoms with van der Waals surface area (Å²) in [5.41, 5.74) is 0.569. The predicted molar refractivity (Wildman–Crippen MR) is 120 cm³/mol. The van der Waals surface area contributed by atoms with E-state index in [2.05, 4.69) is 13.8 Å². The molecule has 1 fully saturated rings. The van der Waals surface area contributed by atoms with Crippen molar-refractivity contribution in [3.05, 3.63) is 60.2 Å². The minimum atomic E-state index is -0.0877. The topological polar surface area (TPSA) is 59.1 Å². The average Bonchev–Trinajstić information content (AvgIpc) is 2.78. The molecule has 2 amide bonds. The number of ether oxygens (including phenoxy) is 2. The van der Waals surface area contributed by atoms with Gasteiger partial charge in [0.2, 0.25) is 0 Å². The van der Waals surface area contributed by atoms with Crippen LogP contribution >= 0.6 is 0 Å². The molecule has 166 valence electrons. The summed E-state index contributed by atoms with van der Waals surface area (Å²) >= 11 is 0. The molecule has 1 saturated heterocycles. The number of piperidine rings is 1. The minimum absolute atomic E-state index is 0.0120. The second kappa shape index (κ2) is 10.8. The van der Waals surface area contributed by atoms with E-state index in [0.29, 0.717) is 24.5 Å². The van der Waals surface area contributed by atoms with Crippen molar-refractivity contribution < 1.29 is 19.1 Å². The Labute approximate surface area is 184 Å². The Balaban J connectivity index is 1.46. The molecular formula is C25H32N2O4. The van der Waals surface area contributed by atoms with E-state index in [0.717, 1.165) is 25.0 Å². The molecule has 0 aromatic heterocycles. The van der Waals surface area contributed by atoms with Crippen molar-refractivity contribution in [1.29, 1.82) is 0 Å². The van der Waals surface area contributed by atoms with E-state index in [-0.39, 0.29) is 30.5 Å². The number of benzene rings is 2. The highest BCUT2D eigenvalue weighted by molar-refractivity contribution is 5.94. The third kappa shape index (κ3) is 6.23. The fourth-order valence-corrected chi connectivity index (χ4v) is 3.97. The summed E-state index contributed by atoms with van der Waals surface area (Å²) in [5, 5.41) is 0. The zero-order valence-corrected chi connectivity index (χ0v) is 18.6. The SMILES string of the molecule is CC1CCCC(C)N1C(=O)COc1ccc(C(=O)N(C)CCOc2ccccc2)cc1. The molecule has 0 bridgehead atoms. The number of amides is 2. The first-order valence-corrected chi connectivity index (χ1v) is 10.9. The van der Waals surface area contributed by atoms with Crippen molar-refractivity contribution in [2.24, 2.45) is 0 Å². The summed E-state index contributed by atoms with van der Waals surface area (Å²) in [6.07, 6.45) is 3.24. The lowest BCUT2D eigenvalue weighted by Crippen LogP contribution is -2.49. The van der Waals surface area contributed by atoms with Crippen molar-refractivity contribution in [3.63, 3.8) is 0 Å². The van der Waals surface area contributed by atoms with E-state index in [1.807, 2.05) is 35.2 Å². The molecule has 1 aliphatic rings. The smallest absolute Gasteiger partial charge is 0.260 e. The number of rotatable bonds is 8. The summed E-state index contributed by atoms with van der Waals surface area (Å²) in [5.74, 6) is 1.29. The first kappa shape index (κ1) is 22.7. The largest absolute Gasteiger partial charge is 0.492 e. The maximum absolute atomic E-state index is 12.6. The van der Waals surface area contributed by atoms with E-state index in [9.17, 15) is 9.59 Å². The molecule has 3 rings (SSSR count). The molecular weight excluding hydrogens is 392 g/mol. The average molecular weight is 425 g/mol. The molecule has 0 radical (unpaired) electrons. The van der Waals surface area contributed by atoms with Gasteiger partial charge in [0, 0.05) is 24.7 Å². The zero-order valence-electron chi connectivity index (χ0n) is 18.6. The van der Waals surface area contributed by atoms with Crippen LogP contribution in [-0.2, 0) is 4.79 Å². The van der Waals surface area contributed by atoms with Crippen LogP contribution < -0.4 is 9.47 Å². The molecule has 1 aliphatic heterocycles. The Kier molecular flexibility index (Phi) is 7.93. The number of carbonyl (C=O) groups is 2. The van der Waals surface area contributed by atoms with E-state index in [1.54, 1.807) is 36.2 Å². The monoisotopic (exact) mass is 424 g/mol. The maximum atomic E-state index is 12.6. The van der Waals surface area contributed by atoms with E-state index >= 15 is 0 Å². The quantitative estimate of drug-likeness (QED) is 0.643. The highest BCUT2D eigenvalue weighted by Gasteiger charge is 2.29. The van der Waals surface area contributed by atoms with Gasteiger partial charge in [-0.3, -0.25) is 9.59 Å². The molecule has 0 aliphatic carbocycles. The van der Waals surface area contributed by atoms with Crippen molar-refractivity contribution in [2.45, 2.75) is 45.2 Å². The van der Waals surface area contributed by atoms with Crippen LogP contribution in [0.3, 0.4) is 0 Å². The van der Waals surface area contributed by atoms with Crippen molar-refractivity contribution >= 4 is 11.8 Å². The van der Waals surface area contributed by atoms with Gasteiger partial charge in [0.1, 0.15) is 18.1 Å². The Morgan fingerprint density at radius 2 is 1.55 bits per heavy atom. The van der Waals surface area contributed by atoms with Crippen molar-refractivity contribution in [1.82, 2.24) is 9.80 Å². The normalized spacial score (nSPS) is 18.4. The Morgan fingerprint density at radius 3 is 2.19 bits per heavy atom. The van der Waals surface area contributed by atoms with Crippen LogP contribution in [0.5, 0.6) is 11.5 Å². The van der Waals surface area contributed by atoms with E-state index in [4.69, 9.17) is 9.47 Å². The Hall–Kier alpha value is -3.02. The fourth-order valence-electron chi connectivity index (χ4n) is 3.97. The summed E-state index contributed by atoms with van der Waals surface area (Å²) < 4.78 is 11.3. The molecule has 2 aromatic carbocycles. The minimum Gasteiger partial charge on any atom is -0.492 e. The molecule has 31 heavy (non-hydrogen) atoms. The van der Waals surface area contributed by atoms with Crippen molar-refractivity contribution in [3.8, 4) is 11.5 Å². The number of carbonyl (C=O) groups excluding carboxylic acids is 2. The van der Waals surface area contributed by atoms with Crippen LogP contribution in [0.1, 0.15) is 43.5 Å². The van der Waals surface area contributed by atoms with Crippen LogP contribution in [0, 0.1) is 0 Å². The molecule has 6 heteroatoms. The molecule has 0 N–H and O–H groups in total. The van der Waals surface area contributed by atoms with Gasteiger partial charge in [-0.05, 0) is 69.5 Å². The zero-order chi connectivity index (χ0) is 22.2. The summed E-state index contributed by atoms with van der Waals surface area (Å²) in [4.78, 5) is 28.8. The van der Waals surface area contributed by atoms with Crippen LogP contribution in [0.4, 0.5) is 0 Å². The number of nitrogens with zero attached hydrogens (tertiary/aromatic N) is 2. The number of hydrogen-bond donors (Lipinski definition) is 0. The number of likely N-dealkylation sites (N-methyl/N-ethyl adjacent to an activating group) is 1. The second-order valence-corrected chi connectivity index (χ2v) is 8.13. The molecule has 1 heterocycles. The number of hydrogen-bond acceptors (Lipinski definition) is 4. The molecule has 6 nitrogen and oxygen atoms in total. The molecule has 2 unspecified atom stereocenters. The summed E-state index contributed by atoms with van der Waals surface area (Å²) in [6, 6.07) is 16.9. The Bertz CT molecular complexity index is 844. The highest BCUT2D eigenvalue weighted by Crippen LogP contribution is 2.23. The highest BCUT2D eigenvalue weighted by atomic mass is 16.5. The van der Waals surface area contributed by atoms with E-state index in [1.165, 1.54) is 0 Å². The molecule has 2 atom stereocenters. The first-order chi connectivity index (χ1) is 15.0. The van der Waals surface area contributed by atoms with Gasteiger partial charge in [0.15, 0.2) is 6.61 Å². The van der Waals surface area contributed by atoms with Gasteiger partial charge in [-0.1, -0.05) is 18.2 Å². The van der Waals surface area contributed by atoms with Crippen LogP contribution in [0.2, 0.25) is 0 Å². The molecule has 0 saturated carbocycles. The maximum Gasteiger partial charge on any atom is 0.260 e.